The molecular formula is C10F13. The van der Waals surface area contributed by atoms with Crippen LogP contribution in [0.4, 0.5) is 57.1 Å². The summed E-state index contributed by atoms with van der Waals surface area (Å²) in [5.41, 5.74) is -11.1. The van der Waals surface area contributed by atoms with Crippen LogP contribution in [0.3, 0.4) is 0 Å². The lowest BCUT2D eigenvalue weighted by atomic mass is 9.77. The Morgan fingerprint density at radius 3 is 1.00 bits per heavy atom. The predicted molar refractivity (Wildman–Crippen MR) is 45.0 cm³/mol. The van der Waals surface area contributed by atoms with Crippen molar-refractivity contribution < 1.29 is 57.1 Å². The summed E-state index contributed by atoms with van der Waals surface area (Å²) in [7, 11) is 0. The van der Waals surface area contributed by atoms with Crippen LogP contribution < -0.4 is 0 Å². The van der Waals surface area contributed by atoms with Crippen molar-refractivity contribution >= 4 is 0 Å². The average Bonchev–Trinajstić information content (AvgIpc) is 2.26. The fraction of sp³-hybridized carbons (Fsp3) is 0.400. The SMILES string of the molecule is Fc1[c]c(F)c(F)c(C(C(F)(F)F)(C(F)(F)F)C(F)(F)F)c1F. The van der Waals surface area contributed by atoms with Gasteiger partial charge < -0.3 is 0 Å². The number of alkyl halides is 9. The summed E-state index contributed by atoms with van der Waals surface area (Å²) in [6.07, 6.45) is -22.3. The van der Waals surface area contributed by atoms with Crippen molar-refractivity contribution in [2.75, 3.05) is 0 Å². The van der Waals surface area contributed by atoms with Gasteiger partial charge in [-0.3, -0.25) is 0 Å². The van der Waals surface area contributed by atoms with Gasteiger partial charge in [0.05, 0.1) is 11.6 Å². The third-order valence-electron chi connectivity index (χ3n) is 2.69. The molecule has 13 heteroatoms. The van der Waals surface area contributed by atoms with Crippen molar-refractivity contribution in [3.05, 3.63) is 34.9 Å². The summed E-state index contributed by atoms with van der Waals surface area (Å²) in [5, 5.41) is 0. The first-order chi connectivity index (χ1) is 10.00. The Hall–Kier alpha value is -1.69. The molecule has 0 spiro atoms. The molecule has 0 nitrogen and oxygen atoms in total. The normalized spacial score (nSPS) is 14.3. The second-order valence-electron chi connectivity index (χ2n) is 4.00. The minimum Gasteiger partial charge on any atom is -0.203 e. The van der Waals surface area contributed by atoms with E-state index in [-0.39, 0.29) is 0 Å². The molecule has 0 saturated carbocycles. The summed E-state index contributed by atoms with van der Waals surface area (Å²) in [5.74, 6) is -13.0. The van der Waals surface area contributed by atoms with E-state index in [2.05, 4.69) is 0 Å². The van der Waals surface area contributed by atoms with Crippen LogP contribution in [0.5, 0.6) is 0 Å². The lowest BCUT2D eigenvalue weighted by Crippen LogP contribution is -2.64. The van der Waals surface area contributed by atoms with Gasteiger partial charge in [-0.15, -0.1) is 0 Å². The highest BCUT2D eigenvalue weighted by Crippen LogP contribution is 2.61. The largest absolute Gasteiger partial charge is 0.416 e. The molecule has 0 aliphatic carbocycles. The Bertz CT molecular complexity index is 541. The molecule has 0 aromatic heterocycles. The van der Waals surface area contributed by atoms with Crippen LogP contribution in [0.15, 0.2) is 0 Å². The molecule has 0 saturated heterocycles. The molecule has 131 valence electrons. The van der Waals surface area contributed by atoms with Crippen molar-refractivity contribution in [3.8, 4) is 0 Å². The fourth-order valence-electron chi connectivity index (χ4n) is 1.76. The highest BCUT2D eigenvalue weighted by Gasteiger charge is 2.86. The van der Waals surface area contributed by atoms with E-state index in [1.54, 1.807) is 0 Å². The molecule has 0 aliphatic heterocycles. The van der Waals surface area contributed by atoms with Crippen molar-refractivity contribution in [1.82, 2.24) is 0 Å². The Kier molecular flexibility index (Phi) is 4.34. The van der Waals surface area contributed by atoms with Crippen LogP contribution in [0.2, 0.25) is 0 Å². The zero-order valence-electron chi connectivity index (χ0n) is 9.91. The quantitative estimate of drug-likeness (QED) is 0.486. The van der Waals surface area contributed by atoms with Gasteiger partial charge in [0.2, 0.25) is 0 Å². The summed E-state index contributed by atoms with van der Waals surface area (Å²) >= 11 is 0. The fourth-order valence-corrected chi connectivity index (χ4v) is 1.76. The van der Waals surface area contributed by atoms with Crippen LogP contribution >= 0.6 is 0 Å². The van der Waals surface area contributed by atoms with Crippen molar-refractivity contribution in [3.63, 3.8) is 0 Å². The van der Waals surface area contributed by atoms with E-state index in [9.17, 15) is 57.1 Å². The summed E-state index contributed by atoms with van der Waals surface area (Å²) in [6, 6.07) is 0.388. The maximum atomic E-state index is 13.2. The van der Waals surface area contributed by atoms with E-state index in [0.29, 0.717) is 6.07 Å². The van der Waals surface area contributed by atoms with E-state index in [0.717, 1.165) is 0 Å². The van der Waals surface area contributed by atoms with Crippen LogP contribution in [-0.4, -0.2) is 18.5 Å². The summed E-state index contributed by atoms with van der Waals surface area (Å²) in [6.45, 7) is 0. The predicted octanol–water partition coefficient (Wildman–Crippen LogP) is 4.97. The Morgan fingerprint density at radius 2 is 0.783 bits per heavy atom. The van der Waals surface area contributed by atoms with Gasteiger partial charge in [0, 0.05) is 0 Å². The number of hydrogen-bond donors (Lipinski definition) is 0. The molecule has 0 amide bonds. The average molecular weight is 367 g/mol. The smallest absolute Gasteiger partial charge is 0.203 e. The zero-order valence-corrected chi connectivity index (χ0v) is 9.91. The van der Waals surface area contributed by atoms with Gasteiger partial charge in [-0.1, -0.05) is 0 Å². The second kappa shape index (κ2) is 5.16. The maximum absolute atomic E-state index is 13.2. The van der Waals surface area contributed by atoms with Crippen molar-refractivity contribution in [2.45, 2.75) is 23.9 Å². The molecule has 0 fully saturated rings. The minimum atomic E-state index is -7.43. The summed E-state index contributed by atoms with van der Waals surface area (Å²) < 4.78 is 166. The standard InChI is InChI=1S/C10F13/c11-2-1-3(12)6(14)4(5(2)13)7(8(15,16)17,9(18,19)20)10(21,22)23. The number of hydrogen-bond acceptors (Lipinski definition) is 0. The molecule has 1 radical (unpaired) electrons. The first-order valence-corrected chi connectivity index (χ1v) is 4.96. The second-order valence-corrected chi connectivity index (χ2v) is 4.00. The molecule has 0 atom stereocenters. The molecule has 0 unspecified atom stereocenters. The van der Waals surface area contributed by atoms with Gasteiger partial charge >= 0.3 is 18.5 Å². The van der Waals surface area contributed by atoms with E-state index < -0.39 is 52.8 Å². The van der Waals surface area contributed by atoms with Crippen LogP contribution in [0, 0.1) is 29.3 Å². The third kappa shape index (κ3) is 2.59. The molecule has 1 aromatic rings. The van der Waals surface area contributed by atoms with Crippen LogP contribution in [0.1, 0.15) is 5.56 Å². The highest BCUT2D eigenvalue weighted by atomic mass is 19.4. The van der Waals surface area contributed by atoms with Gasteiger partial charge in [0.15, 0.2) is 23.3 Å². The van der Waals surface area contributed by atoms with E-state index in [1.165, 1.54) is 0 Å². The lowest BCUT2D eigenvalue weighted by molar-refractivity contribution is -0.388. The van der Waals surface area contributed by atoms with Gasteiger partial charge in [-0.2, -0.15) is 39.5 Å². The Morgan fingerprint density at radius 1 is 0.522 bits per heavy atom. The molecule has 0 heterocycles. The van der Waals surface area contributed by atoms with E-state index in [4.69, 9.17) is 0 Å². The first kappa shape index (κ1) is 19.4. The molecule has 23 heavy (non-hydrogen) atoms. The topological polar surface area (TPSA) is 0 Å². The maximum Gasteiger partial charge on any atom is 0.416 e. The number of halogens is 13. The molecule has 1 aromatic carbocycles. The number of benzene rings is 1. The Balaban J connectivity index is 4.20. The molecule has 1 rings (SSSR count). The van der Waals surface area contributed by atoms with Gasteiger partial charge in [0.1, 0.15) is 0 Å². The van der Waals surface area contributed by atoms with Gasteiger partial charge in [-0.25, -0.2) is 17.6 Å². The molecule has 0 bridgehead atoms. The summed E-state index contributed by atoms with van der Waals surface area (Å²) in [4.78, 5) is 0. The van der Waals surface area contributed by atoms with Crippen molar-refractivity contribution in [2.24, 2.45) is 0 Å². The Labute approximate surface area is 117 Å². The monoisotopic (exact) mass is 367 g/mol. The van der Waals surface area contributed by atoms with E-state index in [1.807, 2.05) is 0 Å². The third-order valence-corrected chi connectivity index (χ3v) is 2.69. The van der Waals surface area contributed by atoms with Crippen LogP contribution in [-0.2, 0) is 5.41 Å². The zero-order chi connectivity index (χ0) is 18.6. The molecule has 0 N–H and O–H groups in total. The van der Waals surface area contributed by atoms with Crippen molar-refractivity contribution in [1.29, 1.82) is 0 Å². The van der Waals surface area contributed by atoms with Gasteiger partial charge in [0.25, 0.3) is 5.41 Å². The minimum absolute atomic E-state index is 0.388. The van der Waals surface area contributed by atoms with Crippen LogP contribution in [0.25, 0.3) is 0 Å². The van der Waals surface area contributed by atoms with Gasteiger partial charge in [-0.05, 0) is 0 Å². The molecule has 0 aliphatic rings. The first-order valence-electron chi connectivity index (χ1n) is 4.96. The van der Waals surface area contributed by atoms with E-state index >= 15 is 0 Å². The number of rotatable bonds is 1. The lowest BCUT2D eigenvalue weighted by Gasteiger charge is -2.39. The molecular weight excluding hydrogens is 367 g/mol. The highest BCUT2D eigenvalue weighted by molar-refractivity contribution is 5.36.